The molecule has 0 aliphatic rings. The molecule has 2 rings (SSSR count). The quantitative estimate of drug-likeness (QED) is 0.804. The van der Waals surface area contributed by atoms with E-state index in [9.17, 15) is 4.79 Å². The zero-order valence-electron chi connectivity index (χ0n) is 8.03. The molecule has 0 radical (unpaired) electrons. The Bertz CT molecular complexity index is 496. The molecule has 15 heavy (non-hydrogen) atoms. The van der Waals surface area contributed by atoms with Gasteiger partial charge in [-0.15, -0.1) is 0 Å². The predicted octanol–water partition coefficient (Wildman–Crippen LogP) is 3.02. The van der Waals surface area contributed by atoms with E-state index < -0.39 is 0 Å². The fourth-order valence-corrected chi connectivity index (χ4v) is 1.54. The van der Waals surface area contributed by atoms with Gasteiger partial charge in [0.1, 0.15) is 0 Å². The van der Waals surface area contributed by atoms with Crippen LogP contribution in [0.15, 0.2) is 42.5 Å². The average molecular weight is 220 g/mol. The molecule has 1 N–H and O–H groups in total. The third-order valence-electron chi connectivity index (χ3n) is 2.18. The van der Waals surface area contributed by atoms with Crippen molar-refractivity contribution in [1.82, 2.24) is 0 Å². The number of rotatable bonds is 3. The van der Waals surface area contributed by atoms with Crippen LogP contribution in [0.2, 0.25) is 0 Å². The minimum Gasteiger partial charge on any atom is -0.377 e. The Morgan fingerprint density at radius 2 is 1.87 bits per heavy atom. The van der Waals surface area contributed by atoms with Crippen molar-refractivity contribution in [2.75, 3.05) is 11.9 Å². The normalized spacial score (nSPS) is 10.2. The van der Waals surface area contributed by atoms with E-state index in [0.29, 0.717) is 0 Å². The van der Waals surface area contributed by atoms with Gasteiger partial charge in [0.2, 0.25) is 5.24 Å². The lowest BCUT2D eigenvalue weighted by molar-refractivity contribution is -0.110. The van der Waals surface area contributed by atoms with Gasteiger partial charge in [0.15, 0.2) is 0 Å². The molecule has 0 aliphatic carbocycles. The third-order valence-corrected chi connectivity index (χ3v) is 2.31. The van der Waals surface area contributed by atoms with Crippen molar-refractivity contribution in [2.45, 2.75) is 0 Å². The van der Waals surface area contributed by atoms with Crippen molar-refractivity contribution in [2.24, 2.45) is 0 Å². The van der Waals surface area contributed by atoms with Crippen molar-refractivity contribution in [1.29, 1.82) is 0 Å². The lowest BCUT2D eigenvalue weighted by Crippen LogP contribution is -2.07. The maximum atomic E-state index is 10.6. The van der Waals surface area contributed by atoms with Crippen molar-refractivity contribution in [3.8, 4) is 0 Å². The molecule has 0 bridgehead atoms. The smallest absolute Gasteiger partial charge is 0.240 e. The molecule has 2 aromatic carbocycles. The molecule has 2 aromatic rings. The predicted molar refractivity (Wildman–Crippen MR) is 63.3 cm³/mol. The first-order valence-corrected chi connectivity index (χ1v) is 5.04. The van der Waals surface area contributed by atoms with E-state index in [0.717, 1.165) is 11.1 Å². The number of carbonyl (C=O) groups excluding carboxylic acids is 1. The lowest BCUT2D eigenvalue weighted by atomic mass is 10.1. The molecule has 0 spiro atoms. The minimum atomic E-state index is -0.386. The molecule has 0 aromatic heterocycles. The number of hydrogen-bond acceptors (Lipinski definition) is 2. The van der Waals surface area contributed by atoms with Gasteiger partial charge >= 0.3 is 0 Å². The molecule has 76 valence electrons. The number of anilines is 1. The second-order valence-corrected chi connectivity index (χ2v) is 3.69. The maximum Gasteiger partial charge on any atom is 0.240 e. The Morgan fingerprint density at radius 1 is 1.13 bits per heavy atom. The highest BCUT2D eigenvalue weighted by atomic mass is 35.5. The Morgan fingerprint density at radius 3 is 2.60 bits per heavy atom. The summed E-state index contributed by atoms with van der Waals surface area (Å²) in [6.45, 7) is 0.153. The fourth-order valence-electron chi connectivity index (χ4n) is 1.47. The van der Waals surface area contributed by atoms with Gasteiger partial charge in [-0.25, -0.2) is 0 Å². The standard InChI is InChI=1S/C12H10ClNO/c13-12(15)8-14-11-6-5-9-3-1-2-4-10(9)7-11/h1-7,14H,8H2. The van der Waals surface area contributed by atoms with Crippen LogP contribution in [-0.4, -0.2) is 11.8 Å². The summed E-state index contributed by atoms with van der Waals surface area (Å²) in [4.78, 5) is 10.6. The second-order valence-electron chi connectivity index (χ2n) is 3.27. The summed E-state index contributed by atoms with van der Waals surface area (Å²) in [5.41, 5.74) is 0.905. The van der Waals surface area contributed by atoms with E-state index in [-0.39, 0.29) is 11.8 Å². The van der Waals surface area contributed by atoms with Crippen LogP contribution in [0.3, 0.4) is 0 Å². The lowest BCUT2D eigenvalue weighted by Gasteiger charge is -2.04. The molecule has 0 aliphatic heterocycles. The second kappa shape index (κ2) is 4.32. The van der Waals surface area contributed by atoms with Gasteiger partial charge in [-0.05, 0) is 34.5 Å². The highest BCUT2D eigenvalue weighted by Crippen LogP contribution is 2.18. The number of benzene rings is 2. The first-order chi connectivity index (χ1) is 7.25. The van der Waals surface area contributed by atoms with Crippen LogP contribution >= 0.6 is 11.6 Å². The monoisotopic (exact) mass is 219 g/mol. The Balaban J connectivity index is 2.26. The molecule has 0 fully saturated rings. The summed E-state index contributed by atoms with van der Waals surface area (Å²) < 4.78 is 0. The summed E-state index contributed by atoms with van der Waals surface area (Å²) in [6.07, 6.45) is 0. The van der Waals surface area contributed by atoms with Crippen LogP contribution in [0.1, 0.15) is 0 Å². The highest BCUT2D eigenvalue weighted by molar-refractivity contribution is 6.64. The molecular weight excluding hydrogens is 210 g/mol. The molecule has 0 unspecified atom stereocenters. The van der Waals surface area contributed by atoms with E-state index in [1.54, 1.807) is 0 Å². The minimum absolute atomic E-state index is 0.153. The van der Waals surface area contributed by atoms with Gasteiger partial charge in [-0.1, -0.05) is 30.3 Å². The van der Waals surface area contributed by atoms with Crippen LogP contribution in [0.4, 0.5) is 5.69 Å². The SMILES string of the molecule is O=C(Cl)CNc1ccc2ccccc2c1. The molecular formula is C12H10ClNO. The molecule has 2 nitrogen and oxygen atoms in total. The average Bonchev–Trinajstić information content (AvgIpc) is 2.26. The van der Waals surface area contributed by atoms with Crippen LogP contribution in [0.5, 0.6) is 0 Å². The van der Waals surface area contributed by atoms with Crippen LogP contribution in [0, 0.1) is 0 Å². The Kier molecular flexibility index (Phi) is 2.88. The van der Waals surface area contributed by atoms with Crippen molar-refractivity contribution >= 4 is 33.3 Å². The van der Waals surface area contributed by atoms with Gasteiger partial charge in [0, 0.05) is 5.69 Å². The summed E-state index contributed by atoms with van der Waals surface area (Å²) >= 11 is 5.24. The van der Waals surface area contributed by atoms with Crippen molar-refractivity contribution in [3.05, 3.63) is 42.5 Å². The maximum absolute atomic E-state index is 10.6. The van der Waals surface area contributed by atoms with Crippen LogP contribution < -0.4 is 5.32 Å². The number of nitrogens with one attached hydrogen (secondary N) is 1. The summed E-state index contributed by atoms with van der Waals surface area (Å²) in [5.74, 6) is 0. The zero-order chi connectivity index (χ0) is 10.7. The summed E-state index contributed by atoms with van der Waals surface area (Å²) in [5, 5.41) is 4.89. The topological polar surface area (TPSA) is 29.1 Å². The Hall–Kier alpha value is -1.54. The zero-order valence-corrected chi connectivity index (χ0v) is 8.79. The van der Waals surface area contributed by atoms with Gasteiger partial charge < -0.3 is 5.32 Å². The van der Waals surface area contributed by atoms with Crippen molar-refractivity contribution in [3.63, 3.8) is 0 Å². The third kappa shape index (κ3) is 2.48. The van der Waals surface area contributed by atoms with E-state index in [4.69, 9.17) is 11.6 Å². The summed E-state index contributed by atoms with van der Waals surface area (Å²) in [6, 6.07) is 14.0. The molecule has 0 saturated carbocycles. The van der Waals surface area contributed by atoms with E-state index >= 15 is 0 Å². The molecule has 0 saturated heterocycles. The molecule has 0 heterocycles. The Labute approximate surface area is 92.9 Å². The van der Waals surface area contributed by atoms with E-state index in [1.165, 1.54) is 5.39 Å². The van der Waals surface area contributed by atoms with Gasteiger partial charge in [0.25, 0.3) is 0 Å². The number of fused-ring (bicyclic) bond motifs is 1. The first kappa shape index (κ1) is 9.99. The van der Waals surface area contributed by atoms with E-state index in [2.05, 4.69) is 5.32 Å². The molecule has 0 amide bonds. The largest absolute Gasteiger partial charge is 0.377 e. The van der Waals surface area contributed by atoms with Crippen molar-refractivity contribution < 1.29 is 4.79 Å². The summed E-state index contributed by atoms with van der Waals surface area (Å²) in [7, 11) is 0. The van der Waals surface area contributed by atoms with Crippen LogP contribution in [0.25, 0.3) is 10.8 Å². The van der Waals surface area contributed by atoms with Gasteiger partial charge in [-0.2, -0.15) is 0 Å². The van der Waals surface area contributed by atoms with Gasteiger partial charge in [-0.3, -0.25) is 4.79 Å². The fraction of sp³-hybridized carbons (Fsp3) is 0.0833. The highest BCUT2D eigenvalue weighted by Gasteiger charge is 1.97. The molecule has 0 atom stereocenters. The van der Waals surface area contributed by atoms with Gasteiger partial charge in [0.05, 0.1) is 6.54 Å². The van der Waals surface area contributed by atoms with E-state index in [1.807, 2.05) is 42.5 Å². The number of halogens is 1. The van der Waals surface area contributed by atoms with Crippen LogP contribution in [-0.2, 0) is 4.79 Å². The number of carbonyl (C=O) groups is 1. The number of hydrogen-bond donors (Lipinski definition) is 1. The first-order valence-electron chi connectivity index (χ1n) is 4.67. The molecule has 3 heteroatoms.